The van der Waals surface area contributed by atoms with Crippen molar-refractivity contribution in [2.45, 2.75) is 5.37 Å². The number of nitrogens with zero attached hydrogens (tertiary/aromatic N) is 2. The topological polar surface area (TPSA) is 61.8 Å². The number of halogens is 1. The number of nitrogens with one attached hydrogen (secondary N) is 1. The van der Waals surface area contributed by atoms with Crippen LogP contribution in [0.25, 0.3) is 0 Å². The molecule has 0 unspecified atom stereocenters. The third-order valence-corrected chi connectivity index (χ3v) is 6.47. The predicted molar refractivity (Wildman–Crippen MR) is 130 cm³/mol. The van der Waals surface area contributed by atoms with E-state index in [1.165, 1.54) is 0 Å². The van der Waals surface area contributed by atoms with Gasteiger partial charge in [0, 0.05) is 14.8 Å². The molecule has 1 fully saturated rings. The molecule has 0 aliphatic carbocycles. The van der Waals surface area contributed by atoms with E-state index in [2.05, 4.69) is 33.1 Å². The molecule has 30 heavy (non-hydrogen) atoms. The number of hydrogen-bond donors (Lipinski definition) is 1. The Morgan fingerprint density at radius 3 is 2.57 bits per heavy atom. The fourth-order valence-corrected chi connectivity index (χ4v) is 4.90. The highest BCUT2D eigenvalue weighted by atomic mass is 127. The van der Waals surface area contributed by atoms with Gasteiger partial charge in [0.05, 0.1) is 12.0 Å². The van der Waals surface area contributed by atoms with Gasteiger partial charge >= 0.3 is 0 Å². The lowest BCUT2D eigenvalue weighted by Crippen LogP contribution is -2.28. The zero-order valence-corrected chi connectivity index (χ0v) is 18.8. The lowest BCUT2D eigenvalue weighted by atomic mass is 10.1. The summed E-state index contributed by atoms with van der Waals surface area (Å²) >= 11 is 3.83. The first-order valence-electron chi connectivity index (χ1n) is 9.29. The average molecular weight is 527 g/mol. The number of hydrazone groups is 1. The minimum atomic E-state index is -0.301. The number of anilines is 1. The first kappa shape index (κ1) is 20.6. The molecular weight excluding hydrogens is 509 g/mol. The number of carbonyl (C=O) groups excluding carboxylic acids is 2. The summed E-state index contributed by atoms with van der Waals surface area (Å²) in [7, 11) is 0. The lowest BCUT2D eigenvalue weighted by Gasteiger charge is -2.24. The van der Waals surface area contributed by atoms with E-state index in [0.29, 0.717) is 11.3 Å². The Labute approximate surface area is 192 Å². The van der Waals surface area contributed by atoms with Gasteiger partial charge in [-0.05, 0) is 70.1 Å². The second-order valence-corrected chi connectivity index (χ2v) is 8.95. The molecule has 0 bridgehead atoms. The standard InChI is InChI=1S/C23H18IN3O2S/c24-19-8-4-5-16(13-19)14-25-26-22(29)17-9-11-20(12-10-17)27-21(28)15-30-23(27)18-6-2-1-3-7-18/h1-14,23H,15H2,(H,26,29)/t23-/m1/s1. The Balaban J connectivity index is 1.45. The van der Waals surface area contributed by atoms with Gasteiger partial charge in [-0.1, -0.05) is 42.5 Å². The smallest absolute Gasteiger partial charge is 0.271 e. The number of thioether (sulfide) groups is 1. The quantitative estimate of drug-likeness (QED) is 0.294. The Kier molecular flexibility index (Phi) is 6.49. The SMILES string of the molecule is O=C(NN=Cc1cccc(I)c1)c1ccc(N2C(=O)CS[C@@H]2c2ccccc2)cc1. The van der Waals surface area contributed by atoms with Crippen LogP contribution in [0.3, 0.4) is 0 Å². The molecule has 0 saturated carbocycles. The van der Waals surface area contributed by atoms with Crippen LogP contribution in [0.4, 0.5) is 5.69 Å². The lowest BCUT2D eigenvalue weighted by molar-refractivity contribution is -0.115. The molecule has 1 saturated heterocycles. The summed E-state index contributed by atoms with van der Waals surface area (Å²) in [5.74, 6) is 0.202. The van der Waals surface area contributed by atoms with Crippen LogP contribution in [0.2, 0.25) is 0 Å². The van der Waals surface area contributed by atoms with Crippen molar-refractivity contribution in [1.82, 2.24) is 5.43 Å². The molecule has 3 aromatic rings. The Morgan fingerprint density at radius 2 is 1.83 bits per heavy atom. The van der Waals surface area contributed by atoms with E-state index in [-0.39, 0.29) is 17.2 Å². The van der Waals surface area contributed by atoms with E-state index in [4.69, 9.17) is 0 Å². The van der Waals surface area contributed by atoms with Gasteiger partial charge in [0.2, 0.25) is 5.91 Å². The van der Waals surface area contributed by atoms with Crippen molar-refractivity contribution >= 4 is 58.1 Å². The van der Waals surface area contributed by atoms with Crippen molar-refractivity contribution in [3.05, 3.63) is 99.1 Å². The summed E-state index contributed by atoms with van der Waals surface area (Å²) in [5.41, 5.74) is 5.79. The molecule has 4 rings (SSSR count). The van der Waals surface area contributed by atoms with Gasteiger partial charge in [-0.3, -0.25) is 14.5 Å². The normalized spacial score (nSPS) is 16.2. The van der Waals surface area contributed by atoms with Gasteiger partial charge in [-0.15, -0.1) is 11.8 Å². The van der Waals surface area contributed by atoms with E-state index < -0.39 is 0 Å². The summed E-state index contributed by atoms with van der Waals surface area (Å²) in [5, 5.41) is 3.97. The zero-order chi connectivity index (χ0) is 20.9. The van der Waals surface area contributed by atoms with Gasteiger partial charge in [0.15, 0.2) is 0 Å². The Morgan fingerprint density at radius 1 is 1.07 bits per heavy atom. The fraction of sp³-hybridized carbons (Fsp3) is 0.0870. The second kappa shape index (κ2) is 9.44. The molecule has 7 heteroatoms. The number of amides is 2. The van der Waals surface area contributed by atoms with Crippen LogP contribution in [-0.2, 0) is 4.79 Å². The number of hydrogen-bond acceptors (Lipinski definition) is 4. The first-order chi connectivity index (χ1) is 14.6. The van der Waals surface area contributed by atoms with Crippen molar-refractivity contribution in [1.29, 1.82) is 0 Å². The van der Waals surface area contributed by atoms with Crippen molar-refractivity contribution in [2.75, 3.05) is 10.7 Å². The molecule has 1 N–H and O–H groups in total. The van der Waals surface area contributed by atoms with E-state index in [1.54, 1.807) is 47.1 Å². The monoisotopic (exact) mass is 527 g/mol. The molecule has 0 spiro atoms. The summed E-state index contributed by atoms with van der Waals surface area (Å²) in [4.78, 5) is 26.6. The van der Waals surface area contributed by atoms with Gasteiger partial charge in [0.25, 0.3) is 5.91 Å². The van der Waals surface area contributed by atoms with Crippen LogP contribution >= 0.6 is 34.4 Å². The highest BCUT2D eigenvalue weighted by Gasteiger charge is 2.33. The predicted octanol–water partition coefficient (Wildman–Crippen LogP) is 4.83. The Bertz CT molecular complexity index is 1090. The number of carbonyl (C=O) groups is 2. The van der Waals surface area contributed by atoms with Crippen LogP contribution in [0.1, 0.15) is 26.9 Å². The van der Waals surface area contributed by atoms with E-state index in [9.17, 15) is 9.59 Å². The molecule has 1 aliphatic rings. The highest BCUT2D eigenvalue weighted by Crippen LogP contribution is 2.41. The second-order valence-electron chi connectivity index (χ2n) is 6.64. The fourth-order valence-electron chi connectivity index (χ4n) is 3.16. The molecule has 5 nitrogen and oxygen atoms in total. The van der Waals surface area contributed by atoms with Crippen molar-refractivity contribution in [3.63, 3.8) is 0 Å². The minimum Gasteiger partial charge on any atom is -0.295 e. The molecule has 150 valence electrons. The highest BCUT2D eigenvalue weighted by molar-refractivity contribution is 14.1. The van der Waals surface area contributed by atoms with E-state index in [1.807, 2.05) is 54.6 Å². The van der Waals surface area contributed by atoms with Crippen LogP contribution in [0, 0.1) is 3.57 Å². The molecule has 1 atom stereocenters. The van der Waals surface area contributed by atoms with Crippen LogP contribution in [0.15, 0.2) is 84.0 Å². The number of rotatable bonds is 5. The minimum absolute atomic E-state index is 0.0587. The first-order valence-corrected chi connectivity index (χ1v) is 11.4. The molecule has 3 aromatic carbocycles. The maximum Gasteiger partial charge on any atom is 0.271 e. The number of benzene rings is 3. The average Bonchev–Trinajstić information content (AvgIpc) is 3.16. The summed E-state index contributed by atoms with van der Waals surface area (Å²) < 4.78 is 1.10. The largest absolute Gasteiger partial charge is 0.295 e. The van der Waals surface area contributed by atoms with Crippen molar-refractivity contribution < 1.29 is 9.59 Å². The van der Waals surface area contributed by atoms with E-state index in [0.717, 1.165) is 20.4 Å². The summed E-state index contributed by atoms with van der Waals surface area (Å²) in [6.07, 6.45) is 1.61. The molecule has 2 amide bonds. The van der Waals surface area contributed by atoms with Gasteiger partial charge in [-0.2, -0.15) is 5.10 Å². The van der Waals surface area contributed by atoms with Crippen LogP contribution in [0.5, 0.6) is 0 Å². The third kappa shape index (κ3) is 4.73. The molecule has 0 aromatic heterocycles. The van der Waals surface area contributed by atoms with E-state index >= 15 is 0 Å². The molecule has 1 aliphatic heterocycles. The van der Waals surface area contributed by atoms with Gasteiger partial charge < -0.3 is 0 Å². The zero-order valence-electron chi connectivity index (χ0n) is 15.9. The third-order valence-electron chi connectivity index (χ3n) is 4.59. The molecule has 0 radical (unpaired) electrons. The molecule has 1 heterocycles. The van der Waals surface area contributed by atoms with Crippen molar-refractivity contribution in [2.24, 2.45) is 5.10 Å². The van der Waals surface area contributed by atoms with Gasteiger partial charge in [0.1, 0.15) is 5.37 Å². The van der Waals surface area contributed by atoms with Crippen molar-refractivity contribution in [3.8, 4) is 0 Å². The molecular formula is C23H18IN3O2S. The summed E-state index contributed by atoms with van der Waals surface area (Å²) in [6.45, 7) is 0. The van der Waals surface area contributed by atoms with Gasteiger partial charge in [-0.25, -0.2) is 5.43 Å². The maximum absolute atomic E-state index is 12.5. The van der Waals surface area contributed by atoms with Crippen LogP contribution in [-0.4, -0.2) is 23.8 Å². The Hall–Kier alpha value is -2.65. The summed E-state index contributed by atoms with van der Waals surface area (Å²) in [6, 6.07) is 24.8. The van der Waals surface area contributed by atoms with Crippen LogP contribution < -0.4 is 10.3 Å². The maximum atomic E-state index is 12.5.